The highest BCUT2D eigenvalue weighted by atomic mass is 31.2. The number of rotatable bonds is 53. The summed E-state index contributed by atoms with van der Waals surface area (Å²) in [5, 5.41) is 0. The van der Waals surface area contributed by atoms with Crippen LogP contribution in [0.5, 0.6) is 0 Å². The van der Waals surface area contributed by atoms with Crippen LogP contribution in [0, 0.1) is 0 Å². The molecule has 0 aliphatic rings. The summed E-state index contributed by atoms with van der Waals surface area (Å²) in [6, 6.07) is 0. The summed E-state index contributed by atoms with van der Waals surface area (Å²) >= 11 is 0. The van der Waals surface area contributed by atoms with Crippen molar-refractivity contribution in [2.45, 2.75) is 283 Å². The van der Waals surface area contributed by atoms with Gasteiger partial charge in [0.2, 0.25) is 0 Å². The quantitative estimate of drug-likeness (QED) is 0.0197. The Morgan fingerprint density at radius 2 is 0.812 bits per heavy atom. The van der Waals surface area contributed by atoms with Crippen LogP contribution in [0.2, 0.25) is 0 Å². The molecule has 0 aliphatic heterocycles. The number of esters is 1. The third-order valence-electron chi connectivity index (χ3n) is 12.6. The number of carbonyl (C=O) groups is 1. The lowest BCUT2D eigenvalue weighted by Crippen LogP contribution is -2.37. The molecule has 2 atom stereocenters. The van der Waals surface area contributed by atoms with E-state index in [1.54, 1.807) is 0 Å². The van der Waals surface area contributed by atoms with E-state index in [0.717, 1.165) is 32.1 Å². The van der Waals surface area contributed by atoms with Crippen molar-refractivity contribution < 1.29 is 37.3 Å². The molecule has 0 saturated carbocycles. The molecule has 0 aliphatic carbocycles. The molecule has 0 bridgehead atoms. The van der Waals surface area contributed by atoms with Crippen LogP contribution >= 0.6 is 7.82 Å². The minimum atomic E-state index is -4.53. The second-order valence-corrected chi connectivity index (χ2v) is 21.7. The Morgan fingerprint density at radius 1 is 0.469 bits per heavy atom. The van der Waals surface area contributed by atoms with E-state index in [2.05, 4.69) is 26.0 Å². The molecule has 0 rings (SSSR count). The first kappa shape index (κ1) is 63.2. The number of hydrogen-bond donors (Lipinski definition) is 0. The molecule has 0 spiro atoms. The first-order valence-electron chi connectivity index (χ1n) is 27.9. The Labute approximate surface area is 399 Å². The average molecular weight is 928 g/mol. The molecule has 2 unspecified atom stereocenters. The Bertz CT molecular complexity index is 1030. The maximum Gasteiger partial charge on any atom is 0.306 e. The highest BCUT2D eigenvalue weighted by Gasteiger charge is 2.20. The van der Waals surface area contributed by atoms with E-state index in [0.29, 0.717) is 24.1 Å². The lowest BCUT2D eigenvalue weighted by Gasteiger charge is -2.28. The molecule has 0 aromatic carbocycles. The van der Waals surface area contributed by atoms with Gasteiger partial charge in [-0.1, -0.05) is 244 Å². The Hall–Kier alpha value is -0.760. The number of allylic oxidation sites excluding steroid dienone is 2. The fourth-order valence-electron chi connectivity index (χ4n) is 8.25. The van der Waals surface area contributed by atoms with Gasteiger partial charge in [-0.25, -0.2) is 0 Å². The normalized spacial score (nSPS) is 13.5. The Kier molecular flexibility index (Phi) is 48.1. The van der Waals surface area contributed by atoms with E-state index in [1.165, 1.54) is 225 Å². The van der Waals surface area contributed by atoms with E-state index in [-0.39, 0.29) is 25.8 Å². The zero-order valence-electron chi connectivity index (χ0n) is 43.5. The summed E-state index contributed by atoms with van der Waals surface area (Å²) in [5.74, 6) is -0.332. The van der Waals surface area contributed by atoms with Gasteiger partial charge < -0.3 is 27.9 Å². The van der Waals surface area contributed by atoms with Crippen LogP contribution in [0.15, 0.2) is 12.2 Å². The fraction of sp³-hybridized carbons (Fsp3) is 0.945. The molecule has 0 heterocycles. The highest BCUT2D eigenvalue weighted by molar-refractivity contribution is 7.45. The van der Waals surface area contributed by atoms with E-state index in [9.17, 15) is 14.3 Å². The molecule has 0 amide bonds. The van der Waals surface area contributed by atoms with Crippen molar-refractivity contribution >= 4 is 13.8 Å². The summed E-state index contributed by atoms with van der Waals surface area (Å²) in [5.41, 5.74) is 0. The fourth-order valence-corrected chi connectivity index (χ4v) is 8.98. The molecule has 0 N–H and O–H groups in total. The van der Waals surface area contributed by atoms with Gasteiger partial charge in [-0.3, -0.25) is 9.36 Å². The number of quaternary nitrogens is 1. The number of carbonyl (C=O) groups excluding carboxylic acids is 1. The van der Waals surface area contributed by atoms with Crippen molar-refractivity contribution in [3.05, 3.63) is 12.2 Å². The molecule has 9 heteroatoms. The van der Waals surface area contributed by atoms with Crippen LogP contribution in [-0.4, -0.2) is 70.7 Å². The minimum absolute atomic E-state index is 0.0290. The summed E-state index contributed by atoms with van der Waals surface area (Å²) < 4.78 is 34.8. The zero-order valence-corrected chi connectivity index (χ0v) is 44.4. The van der Waals surface area contributed by atoms with Gasteiger partial charge >= 0.3 is 5.97 Å². The van der Waals surface area contributed by atoms with Gasteiger partial charge in [-0.05, 0) is 38.5 Å². The van der Waals surface area contributed by atoms with Crippen LogP contribution in [0.3, 0.4) is 0 Å². The van der Waals surface area contributed by atoms with Crippen molar-refractivity contribution in [2.75, 3.05) is 54.1 Å². The molecule has 0 saturated heterocycles. The van der Waals surface area contributed by atoms with Gasteiger partial charge in [-0.2, -0.15) is 0 Å². The molecule has 0 aromatic rings. The summed E-state index contributed by atoms with van der Waals surface area (Å²) in [6.07, 6.45) is 56.8. The summed E-state index contributed by atoms with van der Waals surface area (Å²) in [7, 11) is 1.37. The summed E-state index contributed by atoms with van der Waals surface area (Å²) in [6.45, 7) is 5.48. The zero-order chi connectivity index (χ0) is 46.9. The van der Waals surface area contributed by atoms with Crippen molar-refractivity contribution in [3.8, 4) is 0 Å². The molecule has 64 heavy (non-hydrogen) atoms. The van der Waals surface area contributed by atoms with Gasteiger partial charge in [0.05, 0.1) is 34.4 Å². The molecule has 0 fully saturated rings. The number of nitrogens with zero attached hydrogens (tertiary/aromatic N) is 1. The second kappa shape index (κ2) is 48.7. The maximum absolute atomic E-state index is 12.8. The topological polar surface area (TPSA) is 94.1 Å². The van der Waals surface area contributed by atoms with Crippen LogP contribution in [0.25, 0.3) is 0 Å². The van der Waals surface area contributed by atoms with E-state index >= 15 is 0 Å². The number of unbranched alkanes of at least 4 members (excludes halogenated alkanes) is 37. The van der Waals surface area contributed by atoms with Crippen LogP contribution in [0.1, 0.15) is 277 Å². The van der Waals surface area contributed by atoms with E-state index in [4.69, 9.17) is 18.5 Å². The smallest absolute Gasteiger partial charge is 0.306 e. The second-order valence-electron chi connectivity index (χ2n) is 20.3. The standard InChI is InChI=1S/C55H110NO7P/c1-6-8-10-12-14-16-18-20-22-24-26-27-28-29-30-31-33-35-37-39-41-43-45-47-50-60-52-54(53-62-64(58,59)61-51-49-56(3,4)5)63-55(57)48-46-44-42-40-38-36-34-32-25-23-21-19-17-15-13-11-9-7-2/h23,25,54H,6-22,24,26-53H2,1-5H3/b25-23-. The van der Waals surface area contributed by atoms with Gasteiger partial charge in [0.15, 0.2) is 0 Å². The van der Waals surface area contributed by atoms with Crippen LogP contribution < -0.4 is 4.89 Å². The molecule has 8 nitrogen and oxygen atoms in total. The Balaban J connectivity index is 4.03. The summed E-state index contributed by atoms with van der Waals surface area (Å²) in [4.78, 5) is 25.2. The number of likely N-dealkylation sites (N-methyl/N-ethyl adjacent to an activating group) is 1. The van der Waals surface area contributed by atoms with Gasteiger partial charge in [0, 0.05) is 13.0 Å². The molecule has 382 valence electrons. The number of ether oxygens (including phenoxy) is 2. The number of phosphoric ester groups is 1. The first-order chi connectivity index (χ1) is 31.1. The van der Waals surface area contributed by atoms with E-state index in [1.807, 2.05) is 21.1 Å². The van der Waals surface area contributed by atoms with Crippen LogP contribution in [0.4, 0.5) is 0 Å². The number of hydrogen-bond acceptors (Lipinski definition) is 7. The minimum Gasteiger partial charge on any atom is -0.756 e. The lowest BCUT2D eigenvalue weighted by molar-refractivity contribution is -0.870. The van der Waals surface area contributed by atoms with Crippen molar-refractivity contribution in [1.82, 2.24) is 0 Å². The third kappa shape index (κ3) is 52.2. The lowest BCUT2D eigenvalue weighted by atomic mass is 10.0. The third-order valence-corrected chi connectivity index (χ3v) is 13.5. The average Bonchev–Trinajstić information content (AvgIpc) is 3.25. The maximum atomic E-state index is 12.8. The first-order valence-corrected chi connectivity index (χ1v) is 29.4. The van der Waals surface area contributed by atoms with Crippen molar-refractivity contribution in [1.29, 1.82) is 0 Å². The van der Waals surface area contributed by atoms with E-state index < -0.39 is 13.9 Å². The molecule has 0 radical (unpaired) electrons. The van der Waals surface area contributed by atoms with Gasteiger partial charge in [0.25, 0.3) is 7.82 Å². The molecule has 0 aromatic heterocycles. The largest absolute Gasteiger partial charge is 0.756 e. The van der Waals surface area contributed by atoms with Gasteiger partial charge in [-0.15, -0.1) is 0 Å². The molecular weight excluding hydrogens is 818 g/mol. The monoisotopic (exact) mass is 928 g/mol. The highest BCUT2D eigenvalue weighted by Crippen LogP contribution is 2.38. The van der Waals surface area contributed by atoms with Crippen molar-refractivity contribution in [2.24, 2.45) is 0 Å². The number of phosphoric acid groups is 1. The van der Waals surface area contributed by atoms with Gasteiger partial charge in [0.1, 0.15) is 19.3 Å². The Morgan fingerprint density at radius 3 is 1.19 bits per heavy atom. The predicted octanol–water partition coefficient (Wildman–Crippen LogP) is 16.7. The van der Waals surface area contributed by atoms with Crippen molar-refractivity contribution in [3.63, 3.8) is 0 Å². The predicted molar refractivity (Wildman–Crippen MR) is 273 cm³/mol. The molecular formula is C55H110NO7P. The van der Waals surface area contributed by atoms with Crippen LogP contribution in [-0.2, 0) is 27.9 Å². The SMILES string of the molecule is CCCCCCCCC/C=C\CCCCCCCCCC(=O)OC(COCCCCCCCCCCCCCCCCCCCCCCCCCC)COP(=O)([O-])OCC[N+](C)(C)C.